The van der Waals surface area contributed by atoms with Crippen molar-refractivity contribution < 1.29 is 22.7 Å². The van der Waals surface area contributed by atoms with Gasteiger partial charge in [-0.2, -0.15) is 18.3 Å². The average molecular weight is 589 g/mol. The SMILES string of the molecule is O=C(Cc1csc(Nc2cccc(C(F)(F)F)c2)n1)N/N=C\c1ccc(OCc2ccccc2)c(Br)c1. The molecule has 1 aromatic heterocycles. The summed E-state index contributed by atoms with van der Waals surface area (Å²) in [5.74, 6) is 0.303. The molecule has 6 nitrogen and oxygen atoms in total. The first kappa shape index (κ1) is 26.4. The molecule has 1 amide bonds. The summed E-state index contributed by atoms with van der Waals surface area (Å²) in [5.41, 5.74) is 4.22. The molecule has 37 heavy (non-hydrogen) atoms. The number of carbonyl (C=O) groups excluding carboxylic acids is 1. The van der Waals surface area contributed by atoms with Crippen LogP contribution in [-0.4, -0.2) is 17.1 Å². The van der Waals surface area contributed by atoms with Crippen molar-refractivity contribution in [2.75, 3.05) is 5.32 Å². The third kappa shape index (κ3) is 7.89. The van der Waals surface area contributed by atoms with Gasteiger partial charge in [-0.3, -0.25) is 4.79 Å². The standard InChI is InChI=1S/C26H20BrF3N4O2S/c27-22-11-18(9-10-23(22)36-15-17-5-2-1-3-6-17)14-31-34-24(35)13-21-16-37-25(33-21)32-20-8-4-7-19(12-20)26(28,29)30/h1-12,14,16H,13,15H2,(H,32,33)(H,34,35)/b31-14-. The highest BCUT2D eigenvalue weighted by atomic mass is 79.9. The van der Waals surface area contributed by atoms with Gasteiger partial charge in [-0.15, -0.1) is 11.3 Å². The van der Waals surface area contributed by atoms with Gasteiger partial charge in [0.05, 0.1) is 28.4 Å². The Labute approximate surface area is 223 Å². The van der Waals surface area contributed by atoms with Gasteiger partial charge in [0.1, 0.15) is 12.4 Å². The maximum Gasteiger partial charge on any atom is 0.416 e. The molecule has 3 aromatic carbocycles. The summed E-state index contributed by atoms with van der Waals surface area (Å²) in [5, 5.41) is 8.85. The van der Waals surface area contributed by atoms with Crippen LogP contribution in [0.1, 0.15) is 22.4 Å². The molecule has 4 aromatic rings. The topological polar surface area (TPSA) is 75.6 Å². The predicted molar refractivity (Wildman–Crippen MR) is 141 cm³/mol. The largest absolute Gasteiger partial charge is 0.488 e. The van der Waals surface area contributed by atoms with E-state index in [4.69, 9.17) is 4.74 Å². The van der Waals surface area contributed by atoms with Crippen molar-refractivity contribution in [1.82, 2.24) is 10.4 Å². The molecule has 0 aliphatic rings. The van der Waals surface area contributed by atoms with E-state index in [1.807, 2.05) is 48.5 Å². The van der Waals surface area contributed by atoms with E-state index in [2.05, 4.69) is 36.8 Å². The van der Waals surface area contributed by atoms with Gasteiger partial charge in [0.15, 0.2) is 5.13 Å². The molecule has 0 saturated heterocycles. The Balaban J connectivity index is 1.26. The number of ether oxygens (including phenoxy) is 1. The van der Waals surface area contributed by atoms with E-state index < -0.39 is 11.7 Å². The number of amides is 1. The third-order valence-corrected chi connectivity index (χ3v) is 6.36. The van der Waals surface area contributed by atoms with Crippen molar-refractivity contribution in [3.05, 3.63) is 105 Å². The molecular weight excluding hydrogens is 569 g/mol. The second-order valence-electron chi connectivity index (χ2n) is 7.78. The number of rotatable bonds is 9. The third-order valence-electron chi connectivity index (χ3n) is 4.93. The van der Waals surface area contributed by atoms with Gasteiger partial charge in [0.25, 0.3) is 0 Å². The molecule has 0 radical (unpaired) electrons. The first-order valence-electron chi connectivity index (χ1n) is 10.9. The summed E-state index contributed by atoms with van der Waals surface area (Å²) < 4.78 is 45.2. The molecule has 0 bridgehead atoms. The molecule has 0 unspecified atom stereocenters. The predicted octanol–water partition coefficient (Wildman–Crippen LogP) is 6.94. The van der Waals surface area contributed by atoms with Gasteiger partial charge >= 0.3 is 6.18 Å². The molecular formula is C26H20BrF3N4O2S. The molecule has 0 spiro atoms. The number of alkyl halides is 3. The number of carbonyl (C=O) groups is 1. The minimum Gasteiger partial charge on any atom is -0.488 e. The number of thiazole rings is 1. The zero-order chi connectivity index (χ0) is 26.3. The number of hydrogen-bond donors (Lipinski definition) is 2. The van der Waals surface area contributed by atoms with Crippen LogP contribution < -0.4 is 15.5 Å². The van der Waals surface area contributed by atoms with E-state index in [9.17, 15) is 18.0 Å². The van der Waals surface area contributed by atoms with Crippen molar-refractivity contribution in [2.45, 2.75) is 19.2 Å². The lowest BCUT2D eigenvalue weighted by atomic mass is 10.2. The second-order valence-corrected chi connectivity index (χ2v) is 9.49. The van der Waals surface area contributed by atoms with Crippen molar-refractivity contribution >= 4 is 50.2 Å². The van der Waals surface area contributed by atoms with Crippen LogP contribution in [0.2, 0.25) is 0 Å². The van der Waals surface area contributed by atoms with Crippen LogP contribution in [0.4, 0.5) is 24.0 Å². The molecule has 190 valence electrons. The molecule has 0 fully saturated rings. The van der Waals surface area contributed by atoms with Gasteiger partial charge in [-0.05, 0) is 63.5 Å². The summed E-state index contributed by atoms with van der Waals surface area (Å²) >= 11 is 4.67. The van der Waals surface area contributed by atoms with Crippen molar-refractivity contribution in [1.29, 1.82) is 0 Å². The first-order valence-corrected chi connectivity index (χ1v) is 12.6. The number of hydrogen-bond acceptors (Lipinski definition) is 6. The van der Waals surface area contributed by atoms with Gasteiger partial charge in [0.2, 0.25) is 5.91 Å². The molecule has 0 aliphatic carbocycles. The Hall–Kier alpha value is -3.70. The van der Waals surface area contributed by atoms with Crippen LogP contribution in [0.25, 0.3) is 0 Å². The van der Waals surface area contributed by atoms with Gasteiger partial charge < -0.3 is 10.1 Å². The highest BCUT2D eigenvalue weighted by Gasteiger charge is 2.30. The normalized spacial score (nSPS) is 11.5. The molecule has 0 atom stereocenters. The maximum absolute atomic E-state index is 12.9. The number of aromatic nitrogens is 1. The maximum atomic E-state index is 12.9. The second kappa shape index (κ2) is 12.0. The summed E-state index contributed by atoms with van der Waals surface area (Å²) in [6.07, 6.45) is -2.96. The minimum absolute atomic E-state index is 0.0337. The average Bonchev–Trinajstić information content (AvgIpc) is 3.30. The number of nitrogens with one attached hydrogen (secondary N) is 2. The Morgan fingerprint density at radius 1 is 1.08 bits per heavy atom. The van der Waals surface area contributed by atoms with Crippen LogP contribution in [0, 0.1) is 0 Å². The molecule has 1 heterocycles. The monoisotopic (exact) mass is 588 g/mol. The fourth-order valence-corrected chi connectivity index (χ4v) is 4.42. The quantitative estimate of drug-likeness (QED) is 0.164. The summed E-state index contributed by atoms with van der Waals surface area (Å²) in [7, 11) is 0. The molecule has 0 saturated carbocycles. The zero-order valence-corrected chi connectivity index (χ0v) is 21.5. The first-order chi connectivity index (χ1) is 17.8. The van der Waals surface area contributed by atoms with Crippen LogP contribution in [0.15, 0.2) is 87.8 Å². The Morgan fingerprint density at radius 3 is 2.65 bits per heavy atom. The molecule has 11 heteroatoms. The number of anilines is 2. The van der Waals surface area contributed by atoms with Crippen molar-refractivity contribution in [3.63, 3.8) is 0 Å². The fourth-order valence-electron chi connectivity index (χ4n) is 3.17. The highest BCUT2D eigenvalue weighted by Crippen LogP contribution is 2.32. The Bertz CT molecular complexity index is 1390. The van der Waals surface area contributed by atoms with E-state index in [-0.39, 0.29) is 18.0 Å². The number of hydrazone groups is 1. The van der Waals surface area contributed by atoms with E-state index in [0.29, 0.717) is 23.2 Å². The van der Waals surface area contributed by atoms with Gasteiger partial charge in [-0.1, -0.05) is 36.4 Å². The van der Waals surface area contributed by atoms with E-state index >= 15 is 0 Å². The summed E-state index contributed by atoms with van der Waals surface area (Å²) in [4.78, 5) is 16.5. The number of benzene rings is 3. The smallest absolute Gasteiger partial charge is 0.416 e. The van der Waals surface area contributed by atoms with Gasteiger partial charge in [-0.25, -0.2) is 10.4 Å². The lowest BCUT2D eigenvalue weighted by Crippen LogP contribution is -2.19. The lowest BCUT2D eigenvalue weighted by Gasteiger charge is -2.09. The van der Waals surface area contributed by atoms with Crippen molar-refractivity contribution in [3.8, 4) is 5.75 Å². The van der Waals surface area contributed by atoms with Gasteiger partial charge in [0, 0.05) is 11.1 Å². The summed E-state index contributed by atoms with van der Waals surface area (Å²) in [6, 6.07) is 20.1. The van der Waals surface area contributed by atoms with Crippen LogP contribution in [0.5, 0.6) is 5.75 Å². The zero-order valence-electron chi connectivity index (χ0n) is 19.1. The van der Waals surface area contributed by atoms with E-state index in [0.717, 1.165) is 27.7 Å². The molecule has 0 aliphatic heterocycles. The molecule has 4 rings (SSSR count). The fraction of sp³-hybridized carbons (Fsp3) is 0.115. The summed E-state index contributed by atoms with van der Waals surface area (Å²) in [6.45, 7) is 0.441. The Kier molecular flexibility index (Phi) is 8.57. The number of halogens is 4. The molecule has 2 N–H and O–H groups in total. The Morgan fingerprint density at radius 2 is 1.89 bits per heavy atom. The van der Waals surface area contributed by atoms with E-state index in [1.165, 1.54) is 29.7 Å². The van der Waals surface area contributed by atoms with Crippen LogP contribution >= 0.6 is 27.3 Å². The van der Waals surface area contributed by atoms with E-state index in [1.54, 1.807) is 5.38 Å². The van der Waals surface area contributed by atoms with Crippen LogP contribution in [-0.2, 0) is 24.0 Å². The number of nitrogens with zero attached hydrogens (tertiary/aromatic N) is 2. The minimum atomic E-state index is -4.43. The lowest BCUT2D eigenvalue weighted by molar-refractivity contribution is -0.137. The van der Waals surface area contributed by atoms with Crippen LogP contribution in [0.3, 0.4) is 0 Å². The highest BCUT2D eigenvalue weighted by molar-refractivity contribution is 9.10. The van der Waals surface area contributed by atoms with Crippen molar-refractivity contribution in [2.24, 2.45) is 5.10 Å².